The number of piperidine rings is 1. The topological polar surface area (TPSA) is 56.0 Å². The summed E-state index contributed by atoms with van der Waals surface area (Å²) in [6.07, 6.45) is 7.56. The summed E-state index contributed by atoms with van der Waals surface area (Å²) in [5, 5.41) is 4.62. The highest BCUT2D eigenvalue weighted by atomic mass is 79.9. The predicted molar refractivity (Wildman–Crippen MR) is 107 cm³/mol. The summed E-state index contributed by atoms with van der Waals surface area (Å²) in [7, 11) is 0. The second-order valence-corrected chi connectivity index (χ2v) is 7.88. The lowest BCUT2D eigenvalue weighted by atomic mass is 10.0. The van der Waals surface area contributed by atoms with Gasteiger partial charge in [-0.25, -0.2) is 9.67 Å². The van der Waals surface area contributed by atoms with E-state index >= 15 is 0 Å². The number of amides is 1. The van der Waals surface area contributed by atoms with Crippen molar-refractivity contribution in [3.8, 4) is 5.69 Å². The number of aryl methyl sites for hydroxylation is 1. The van der Waals surface area contributed by atoms with Gasteiger partial charge in [0.1, 0.15) is 0 Å². The second-order valence-electron chi connectivity index (χ2n) is 6.97. The highest BCUT2D eigenvalue weighted by Crippen LogP contribution is 2.26. The molecule has 1 aromatic carbocycles. The molecule has 1 saturated heterocycles. The van der Waals surface area contributed by atoms with Crippen molar-refractivity contribution in [3.63, 3.8) is 0 Å². The summed E-state index contributed by atoms with van der Waals surface area (Å²) in [5.41, 5.74) is 3.34. The normalized spacial score (nSPS) is 15.3. The molecule has 0 spiro atoms. The van der Waals surface area contributed by atoms with Crippen LogP contribution in [-0.2, 0) is 0 Å². The molecule has 1 fully saturated rings. The standard InChI is InChI=1S/C20H22BrN5O/c1-14-19(15(2)26(23-14)18-5-3-16(21)4-6-18)20(27)24-10-7-17(8-11-24)25-12-9-22-13-25/h3-6,9,12-13,17H,7-8,10-11H2,1-2H3. The number of hydrogen-bond acceptors (Lipinski definition) is 3. The van der Waals surface area contributed by atoms with E-state index in [0.29, 0.717) is 6.04 Å². The van der Waals surface area contributed by atoms with Gasteiger partial charge in [0.05, 0.1) is 29.0 Å². The quantitative estimate of drug-likeness (QED) is 0.636. The zero-order valence-corrected chi connectivity index (χ0v) is 17.1. The van der Waals surface area contributed by atoms with Crippen molar-refractivity contribution >= 4 is 21.8 Å². The predicted octanol–water partition coefficient (Wildman–Crippen LogP) is 3.93. The number of likely N-dealkylation sites (tertiary alicyclic amines) is 1. The smallest absolute Gasteiger partial charge is 0.257 e. The number of halogens is 1. The van der Waals surface area contributed by atoms with Crippen molar-refractivity contribution in [1.82, 2.24) is 24.2 Å². The molecule has 1 aliphatic rings. The first-order valence-electron chi connectivity index (χ1n) is 9.13. The maximum absolute atomic E-state index is 13.2. The zero-order chi connectivity index (χ0) is 19.0. The molecule has 6 nitrogen and oxygen atoms in total. The Bertz CT molecular complexity index is 938. The number of benzene rings is 1. The van der Waals surface area contributed by atoms with E-state index in [0.717, 1.165) is 53.0 Å². The van der Waals surface area contributed by atoms with E-state index in [1.54, 1.807) is 6.20 Å². The molecule has 0 unspecified atom stereocenters. The molecule has 27 heavy (non-hydrogen) atoms. The van der Waals surface area contributed by atoms with E-state index in [2.05, 4.69) is 30.6 Å². The van der Waals surface area contributed by atoms with Gasteiger partial charge >= 0.3 is 0 Å². The highest BCUT2D eigenvalue weighted by Gasteiger charge is 2.28. The van der Waals surface area contributed by atoms with Gasteiger partial charge in [0, 0.05) is 36.0 Å². The van der Waals surface area contributed by atoms with Crippen LogP contribution < -0.4 is 0 Å². The van der Waals surface area contributed by atoms with Crippen molar-refractivity contribution in [3.05, 3.63) is 64.4 Å². The fourth-order valence-electron chi connectivity index (χ4n) is 3.80. The van der Waals surface area contributed by atoms with E-state index < -0.39 is 0 Å². The van der Waals surface area contributed by atoms with E-state index in [1.807, 2.05) is 60.2 Å². The van der Waals surface area contributed by atoms with Crippen LogP contribution in [0.1, 0.15) is 40.6 Å². The Morgan fingerprint density at radius 1 is 1.15 bits per heavy atom. The van der Waals surface area contributed by atoms with E-state index in [9.17, 15) is 4.79 Å². The SMILES string of the molecule is Cc1nn(-c2ccc(Br)cc2)c(C)c1C(=O)N1CCC(n2ccnc2)CC1. The third-order valence-electron chi connectivity index (χ3n) is 5.27. The minimum Gasteiger partial charge on any atom is -0.338 e. The number of imidazole rings is 1. The summed E-state index contributed by atoms with van der Waals surface area (Å²) in [6, 6.07) is 8.37. The molecule has 0 saturated carbocycles. The summed E-state index contributed by atoms with van der Waals surface area (Å²) < 4.78 is 5.02. The Hall–Kier alpha value is -2.41. The van der Waals surface area contributed by atoms with E-state index in [1.165, 1.54) is 0 Å². The zero-order valence-electron chi connectivity index (χ0n) is 15.5. The number of hydrogen-bond donors (Lipinski definition) is 0. The van der Waals surface area contributed by atoms with Crippen LogP contribution in [0.3, 0.4) is 0 Å². The van der Waals surface area contributed by atoms with Crippen LogP contribution >= 0.6 is 15.9 Å². The molecule has 3 heterocycles. The van der Waals surface area contributed by atoms with Crippen LogP contribution in [0.15, 0.2) is 47.5 Å². The highest BCUT2D eigenvalue weighted by molar-refractivity contribution is 9.10. The fraction of sp³-hybridized carbons (Fsp3) is 0.350. The van der Waals surface area contributed by atoms with Crippen molar-refractivity contribution < 1.29 is 4.79 Å². The Morgan fingerprint density at radius 3 is 2.48 bits per heavy atom. The van der Waals surface area contributed by atoms with Gasteiger partial charge in [-0.1, -0.05) is 15.9 Å². The van der Waals surface area contributed by atoms with Crippen LogP contribution in [0, 0.1) is 13.8 Å². The van der Waals surface area contributed by atoms with Crippen LogP contribution in [-0.4, -0.2) is 43.2 Å². The van der Waals surface area contributed by atoms with Crippen molar-refractivity contribution in [1.29, 1.82) is 0 Å². The molecule has 1 aliphatic heterocycles. The van der Waals surface area contributed by atoms with Gasteiger partial charge in [0.15, 0.2) is 0 Å². The lowest BCUT2D eigenvalue weighted by molar-refractivity contribution is 0.0693. The van der Waals surface area contributed by atoms with Gasteiger partial charge < -0.3 is 9.47 Å². The molecular weight excluding hydrogens is 406 g/mol. The largest absolute Gasteiger partial charge is 0.338 e. The van der Waals surface area contributed by atoms with Crippen LogP contribution in [0.25, 0.3) is 5.69 Å². The Morgan fingerprint density at radius 2 is 1.85 bits per heavy atom. The summed E-state index contributed by atoms with van der Waals surface area (Å²) in [6.45, 7) is 5.38. The van der Waals surface area contributed by atoms with Crippen molar-refractivity contribution in [2.45, 2.75) is 32.7 Å². The van der Waals surface area contributed by atoms with Gasteiger partial charge in [0.2, 0.25) is 0 Å². The first kappa shape index (κ1) is 18.0. The summed E-state index contributed by atoms with van der Waals surface area (Å²) in [4.78, 5) is 19.3. The molecule has 1 amide bonds. The molecule has 7 heteroatoms. The molecule has 140 valence electrons. The average Bonchev–Trinajstić information content (AvgIpc) is 3.31. The van der Waals surface area contributed by atoms with Gasteiger partial charge in [-0.3, -0.25) is 4.79 Å². The molecule has 0 bridgehead atoms. The van der Waals surface area contributed by atoms with Gasteiger partial charge in [-0.15, -0.1) is 0 Å². The van der Waals surface area contributed by atoms with Crippen LogP contribution in [0.5, 0.6) is 0 Å². The molecule has 0 radical (unpaired) electrons. The lowest BCUT2D eigenvalue weighted by Gasteiger charge is -2.32. The van der Waals surface area contributed by atoms with Crippen molar-refractivity contribution in [2.24, 2.45) is 0 Å². The van der Waals surface area contributed by atoms with E-state index in [-0.39, 0.29) is 5.91 Å². The van der Waals surface area contributed by atoms with Gasteiger partial charge in [-0.2, -0.15) is 5.10 Å². The number of carbonyl (C=O) groups excluding carboxylic acids is 1. The molecule has 0 atom stereocenters. The molecular formula is C20H22BrN5O. The van der Waals surface area contributed by atoms with E-state index in [4.69, 9.17) is 0 Å². The average molecular weight is 428 g/mol. The van der Waals surface area contributed by atoms with Gasteiger partial charge in [-0.05, 0) is 51.0 Å². The third kappa shape index (κ3) is 3.43. The maximum Gasteiger partial charge on any atom is 0.257 e. The number of carbonyl (C=O) groups is 1. The molecule has 2 aromatic heterocycles. The fourth-order valence-corrected chi connectivity index (χ4v) is 4.06. The third-order valence-corrected chi connectivity index (χ3v) is 5.80. The summed E-state index contributed by atoms with van der Waals surface area (Å²) in [5.74, 6) is 0.0810. The first-order chi connectivity index (χ1) is 13.0. The summed E-state index contributed by atoms with van der Waals surface area (Å²) >= 11 is 3.45. The maximum atomic E-state index is 13.2. The Balaban J connectivity index is 1.53. The number of aromatic nitrogens is 4. The van der Waals surface area contributed by atoms with Crippen molar-refractivity contribution in [2.75, 3.05) is 13.1 Å². The first-order valence-corrected chi connectivity index (χ1v) is 9.93. The minimum absolute atomic E-state index is 0.0810. The lowest BCUT2D eigenvalue weighted by Crippen LogP contribution is -2.39. The molecule has 4 rings (SSSR count). The Labute approximate surface area is 166 Å². The van der Waals surface area contributed by atoms with Crippen LogP contribution in [0.4, 0.5) is 0 Å². The van der Waals surface area contributed by atoms with Crippen LogP contribution in [0.2, 0.25) is 0 Å². The monoisotopic (exact) mass is 427 g/mol. The molecule has 3 aromatic rings. The van der Waals surface area contributed by atoms with Gasteiger partial charge in [0.25, 0.3) is 5.91 Å². The Kier molecular flexibility index (Phi) is 4.86. The number of rotatable bonds is 3. The molecule has 0 N–H and O–H groups in total. The second kappa shape index (κ2) is 7.31. The molecule has 0 aliphatic carbocycles. The number of nitrogens with zero attached hydrogens (tertiary/aromatic N) is 5. The minimum atomic E-state index is 0.0810.